The summed E-state index contributed by atoms with van der Waals surface area (Å²) in [5.41, 5.74) is 0. The van der Waals surface area contributed by atoms with Crippen LogP contribution in [0, 0.1) is 5.92 Å². The fourth-order valence-electron chi connectivity index (χ4n) is 4.02. The van der Waals surface area contributed by atoms with Gasteiger partial charge in [-0.05, 0) is 18.8 Å². The molecule has 0 aromatic rings. The van der Waals surface area contributed by atoms with Crippen molar-refractivity contribution in [3.8, 4) is 0 Å². The molecule has 0 spiro atoms. The molecular weight excluding hydrogens is 453 g/mol. The molecule has 0 saturated carbocycles. The lowest BCUT2D eigenvalue weighted by Gasteiger charge is -2.35. The summed E-state index contributed by atoms with van der Waals surface area (Å²) in [5, 5.41) is 0. The van der Waals surface area contributed by atoms with Crippen molar-refractivity contribution in [1.29, 1.82) is 0 Å². The number of rotatable bonds is 25. The van der Waals surface area contributed by atoms with Crippen LogP contribution in [0.15, 0.2) is 0 Å². The highest BCUT2D eigenvalue weighted by Crippen LogP contribution is 2.36. The molecule has 0 fully saturated rings. The van der Waals surface area contributed by atoms with Crippen LogP contribution in [-0.2, 0) is 18.6 Å². The molecule has 0 bridgehead atoms. The van der Waals surface area contributed by atoms with Gasteiger partial charge in [0, 0.05) is 32.8 Å². The third-order valence-corrected chi connectivity index (χ3v) is 6.81. The van der Waals surface area contributed by atoms with Gasteiger partial charge in [-0.3, -0.25) is 4.52 Å². The smallest absolute Gasteiger partial charge is 0.381 e. The van der Waals surface area contributed by atoms with E-state index in [2.05, 4.69) is 13.8 Å². The average Bonchev–Trinajstić information content (AvgIpc) is 2.74. The highest BCUT2D eigenvalue weighted by Gasteiger charge is 2.29. The lowest BCUT2D eigenvalue weighted by molar-refractivity contribution is -0.897. The average molecular weight is 511 g/mol. The van der Waals surface area contributed by atoms with Crippen molar-refractivity contribution < 1.29 is 32.8 Å². The first kappa shape index (κ1) is 34.0. The summed E-state index contributed by atoms with van der Waals surface area (Å²) in [7, 11) is 1.58. The number of likely N-dealkylation sites (N-methyl/N-ethyl adjacent to an activating group) is 1. The van der Waals surface area contributed by atoms with E-state index in [1.807, 2.05) is 21.1 Å². The van der Waals surface area contributed by atoms with Crippen molar-refractivity contribution in [2.24, 2.45) is 5.92 Å². The fourth-order valence-corrected chi connectivity index (χ4v) is 4.38. The summed E-state index contributed by atoms with van der Waals surface area (Å²) in [6, 6.07) is -0.00916. The molecule has 0 rings (SSSR count). The third-order valence-electron chi connectivity index (χ3n) is 6.33. The van der Waals surface area contributed by atoms with Crippen molar-refractivity contribution in [3.63, 3.8) is 0 Å². The molecule has 0 aliphatic heterocycles. The van der Waals surface area contributed by atoms with Crippen LogP contribution in [-0.4, -0.2) is 74.5 Å². The lowest BCUT2D eigenvalue weighted by Crippen LogP contribution is -2.48. The molecular formula is C26H57NO6P+. The van der Waals surface area contributed by atoms with Crippen LogP contribution < -0.4 is 0 Å². The van der Waals surface area contributed by atoms with Crippen LogP contribution in [0.2, 0.25) is 0 Å². The first-order valence-electron chi connectivity index (χ1n) is 13.7. The molecule has 0 saturated heterocycles. The molecule has 0 aliphatic carbocycles. The molecule has 0 amide bonds. The predicted molar refractivity (Wildman–Crippen MR) is 141 cm³/mol. The number of quaternary nitrogens is 1. The standard InChI is InChI=1S/C26H56NO6P/c1-6-7-8-9-10-11-12-13-14-15-16-17-19-31-20-18-21-32-23-25(2)22-26(27(3,4)5)24-33-34(28,29)30/h25-26H,6-24H2,1-5H3,(H-,28,29,30)/p+1. The van der Waals surface area contributed by atoms with Gasteiger partial charge < -0.3 is 23.7 Å². The summed E-state index contributed by atoms with van der Waals surface area (Å²) in [6.45, 7) is 7.30. The number of ether oxygens (including phenoxy) is 2. The summed E-state index contributed by atoms with van der Waals surface area (Å²) in [6.07, 6.45) is 18.0. The van der Waals surface area contributed by atoms with Crippen LogP contribution in [0.3, 0.4) is 0 Å². The number of nitrogens with zero attached hydrogens (tertiary/aromatic N) is 1. The van der Waals surface area contributed by atoms with Gasteiger partial charge in [0.05, 0.1) is 21.1 Å². The molecule has 0 heterocycles. The largest absolute Gasteiger partial charge is 0.469 e. The first-order valence-corrected chi connectivity index (χ1v) is 15.3. The molecule has 0 aromatic carbocycles. The van der Waals surface area contributed by atoms with Crippen molar-refractivity contribution in [1.82, 2.24) is 0 Å². The van der Waals surface area contributed by atoms with E-state index < -0.39 is 7.82 Å². The van der Waals surface area contributed by atoms with Crippen LogP contribution >= 0.6 is 7.82 Å². The molecule has 0 aliphatic rings. The minimum absolute atomic E-state index is 0.00916. The van der Waals surface area contributed by atoms with Crippen molar-refractivity contribution in [2.75, 3.05) is 54.2 Å². The van der Waals surface area contributed by atoms with E-state index in [0.717, 1.165) is 32.5 Å². The topological polar surface area (TPSA) is 85.2 Å². The van der Waals surface area contributed by atoms with Crippen LogP contribution in [0.5, 0.6) is 0 Å². The molecule has 34 heavy (non-hydrogen) atoms. The van der Waals surface area contributed by atoms with Gasteiger partial charge in [-0.2, -0.15) is 0 Å². The second-order valence-corrected chi connectivity index (χ2v) is 12.1. The summed E-state index contributed by atoms with van der Waals surface area (Å²) >= 11 is 0. The van der Waals surface area contributed by atoms with Crippen LogP contribution in [0.4, 0.5) is 0 Å². The Morgan fingerprint density at radius 3 is 1.68 bits per heavy atom. The van der Waals surface area contributed by atoms with E-state index in [1.54, 1.807) is 0 Å². The third kappa shape index (κ3) is 23.7. The number of unbranched alkanes of at least 4 members (excludes halogenated alkanes) is 11. The highest BCUT2D eigenvalue weighted by molar-refractivity contribution is 7.46. The van der Waals surface area contributed by atoms with Gasteiger partial charge >= 0.3 is 7.82 Å². The Labute approximate surface area is 210 Å². The zero-order valence-electron chi connectivity index (χ0n) is 23.0. The Balaban J connectivity index is 3.54. The van der Waals surface area contributed by atoms with Gasteiger partial charge in [0.25, 0.3) is 0 Å². The van der Waals surface area contributed by atoms with Crippen LogP contribution in [0.25, 0.3) is 0 Å². The van der Waals surface area contributed by atoms with Gasteiger partial charge in [-0.15, -0.1) is 0 Å². The van der Waals surface area contributed by atoms with Gasteiger partial charge in [-0.1, -0.05) is 84.5 Å². The maximum atomic E-state index is 11.0. The second-order valence-electron chi connectivity index (χ2n) is 10.8. The fraction of sp³-hybridized carbons (Fsp3) is 1.00. The predicted octanol–water partition coefficient (Wildman–Crippen LogP) is 6.32. The SMILES string of the molecule is CCCCCCCCCCCCCCOCCCOCC(C)CC(COP(=O)(O)O)[N+](C)(C)C. The zero-order valence-corrected chi connectivity index (χ0v) is 23.9. The zero-order chi connectivity index (χ0) is 25.7. The van der Waals surface area contributed by atoms with Crippen molar-refractivity contribution >= 4 is 7.82 Å². The van der Waals surface area contributed by atoms with Gasteiger partial charge in [0.15, 0.2) is 0 Å². The molecule has 0 radical (unpaired) electrons. The van der Waals surface area contributed by atoms with E-state index in [1.165, 1.54) is 70.6 Å². The van der Waals surface area contributed by atoms with E-state index in [4.69, 9.17) is 23.8 Å². The van der Waals surface area contributed by atoms with Gasteiger partial charge in [0.2, 0.25) is 0 Å². The number of phosphoric acid groups is 1. The number of hydrogen-bond acceptors (Lipinski definition) is 4. The van der Waals surface area contributed by atoms with E-state index >= 15 is 0 Å². The van der Waals surface area contributed by atoms with E-state index in [-0.39, 0.29) is 18.6 Å². The van der Waals surface area contributed by atoms with Crippen LogP contribution in [0.1, 0.15) is 104 Å². The molecule has 0 aromatic heterocycles. The Bertz CT molecular complexity index is 494. The summed E-state index contributed by atoms with van der Waals surface area (Å²) in [4.78, 5) is 18.0. The van der Waals surface area contributed by atoms with Crippen molar-refractivity contribution in [3.05, 3.63) is 0 Å². The maximum Gasteiger partial charge on any atom is 0.469 e. The Kier molecular flexibility index (Phi) is 21.1. The number of hydrogen-bond donors (Lipinski definition) is 2. The molecule has 2 N–H and O–H groups in total. The van der Waals surface area contributed by atoms with Gasteiger partial charge in [-0.25, -0.2) is 4.57 Å². The lowest BCUT2D eigenvalue weighted by atomic mass is 10.0. The second kappa shape index (κ2) is 21.1. The van der Waals surface area contributed by atoms with E-state index in [9.17, 15) is 4.57 Å². The highest BCUT2D eigenvalue weighted by atomic mass is 31.2. The minimum atomic E-state index is -4.44. The van der Waals surface area contributed by atoms with Crippen molar-refractivity contribution in [2.45, 2.75) is 110 Å². The monoisotopic (exact) mass is 510 g/mol. The quantitative estimate of drug-likeness (QED) is 0.0849. The first-order chi connectivity index (χ1) is 16.1. The molecule has 2 unspecified atom stereocenters. The Morgan fingerprint density at radius 1 is 0.706 bits per heavy atom. The normalized spacial score (nSPS) is 14.4. The Hall–Kier alpha value is -0.0100. The maximum absolute atomic E-state index is 11.0. The minimum Gasteiger partial charge on any atom is -0.381 e. The Morgan fingerprint density at radius 2 is 1.18 bits per heavy atom. The van der Waals surface area contributed by atoms with Gasteiger partial charge in [0.1, 0.15) is 12.6 Å². The summed E-state index contributed by atoms with van der Waals surface area (Å²) < 4.78 is 27.9. The molecule has 7 nitrogen and oxygen atoms in total. The molecule has 8 heteroatoms. The molecule has 2 atom stereocenters. The number of phosphoric ester groups is 1. The molecule has 206 valence electrons. The summed E-state index contributed by atoms with van der Waals surface area (Å²) in [5.74, 6) is 0.282. The van der Waals surface area contributed by atoms with E-state index in [0.29, 0.717) is 17.7 Å².